The molecule has 1 atom stereocenters. The summed E-state index contributed by atoms with van der Waals surface area (Å²) in [5, 5.41) is 2.72. The number of sulfone groups is 1. The molecule has 0 aromatic heterocycles. The van der Waals surface area contributed by atoms with E-state index in [1.54, 1.807) is 6.92 Å². The number of ketones is 1. The summed E-state index contributed by atoms with van der Waals surface area (Å²) in [7, 11) is -3.63. The molecule has 1 N–H and O–H groups in total. The van der Waals surface area contributed by atoms with Gasteiger partial charge in [0.05, 0.1) is 5.75 Å². The van der Waals surface area contributed by atoms with Gasteiger partial charge in [-0.05, 0) is 62.8 Å². The van der Waals surface area contributed by atoms with Gasteiger partial charge in [0, 0.05) is 11.6 Å². The number of rotatable bonds is 7. The zero-order chi connectivity index (χ0) is 19.5. The van der Waals surface area contributed by atoms with Crippen molar-refractivity contribution >= 4 is 21.5 Å². The lowest BCUT2D eigenvalue weighted by Crippen LogP contribution is -2.39. The molecule has 0 saturated heterocycles. The van der Waals surface area contributed by atoms with Crippen LogP contribution in [0.5, 0.6) is 0 Å². The Labute approximate surface area is 151 Å². The van der Waals surface area contributed by atoms with Gasteiger partial charge in [-0.15, -0.1) is 0 Å². The van der Waals surface area contributed by atoms with Crippen LogP contribution in [-0.2, 0) is 20.4 Å². The topological polar surface area (TPSA) is 80.3 Å². The average molecular weight is 368 g/mol. The van der Waals surface area contributed by atoms with Crippen LogP contribution in [0.25, 0.3) is 0 Å². The van der Waals surface area contributed by atoms with Crippen molar-refractivity contribution in [3.63, 3.8) is 0 Å². The van der Waals surface area contributed by atoms with Crippen LogP contribution in [0, 0.1) is 26.7 Å². The highest BCUT2D eigenvalue weighted by atomic mass is 32.2. The van der Waals surface area contributed by atoms with Crippen LogP contribution >= 0.6 is 0 Å². The van der Waals surface area contributed by atoms with Crippen molar-refractivity contribution in [1.82, 2.24) is 5.32 Å². The Bertz CT molecular complexity index is 779. The minimum Gasteiger partial charge on any atom is -0.353 e. The van der Waals surface area contributed by atoms with Crippen LogP contribution in [0.3, 0.4) is 0 Å². The van der Waals surface area contributed by atoms with E-state index in [-0.39, 0.29) is 23.5 Å². The number of hydrogen-bond donors (Lipinski definition) is 1. The highest BCUT2D eigenvalue weighted by Crippen LogP contribution is 2.25. The summed E-state index contributed by atoms with van der Waals surface area (Å²) in [5.41, 5.74) is 3.52. The van der Waals surface area contributed by atoms with Gasteiger partial charge in [0.15, 0.2) is 15.6 Å². The monoisotopic (exact) mass is 367 g/mol. The molecular weight excluding hydrogens is 338 g/mol. The van der Waals surface area contributed by atoms with E-state index in [2.05, 4.69) is 5.32 Å². The third-order valence-corrected chi connectivity index (χ3v) is 6.02. The number of carbonyl (C=O) groups excluding carboxylic acids is 2. The van der Waals surface area contributed by atoms with E-state index >= 15 is 0 Å². The minimum absolute atomic E-state index is 0.0860. The Morgan fingerprint density at radius 3 is 2.12 bits per heavy atom. The summed E-state index contributed by atoms with van der Waals surface area (Å²) in [6.07, 6.45) is 0. The van der Waals surface area contributed by atoms with Gasteiger partial charge in [-0.3, -0.25) is 9.59 Å². The van der Waals surface area contributed by atoms with Gasteiger partial charge in [-0.1, -0.05) is 19.9 Å². The predicted molar refractivity (Wildman–Crippen MR) is 101 cm³/mol. The van der Waals surface area contributed by atoms with Gasteiger partial charge < -0.3 is 5.32 Å². The molecule has 0 aliphatic heterocycles. The molecule has 0 aliphatic rings. The molecule has 0 bridgehead atoms. The molecule has 0 spiro atoms. The molecule has 0 radical (unpaired) electrons. The number of amides is 1. The maximum absolute atomic E-state index is 12.5. The second-order valence-corrected chi connectivity index (χ2v) is 9.24. The van der Waals surface area contributed by atoms with Gasteiger partial charge in [-0.25, -0.2) is 8.42 Å². The van der Waals surface area contributed by atoms with Crippen molar-refractivity contribution in [3.05, 3.63) is 33.9 Å². The highest BCUT2D eigenvalue weighted by Gasteiger charge is 2.23. The summed E-state index contributed by atoms with van der Waals surface area (Å²) < 4.78 is 25.0. The first kappa shape index (κ1) is 21.4. The number of aryl methyl sites for hydroxylation is 2. The van der Waals surface area contributed by atoms with Gasteiger partial charge in [-0.2, -0.15) is 0 Å². The number of Topliss-reactive ketones (excluding diaryl/α,β-unsaturated/α-hetero) is 1. The second-order valence-electron chi connectivity index (χ2n) is 7.18. The summed E-state index contributed by atoms with van der Waals surface area (Å²) in [6, 6.07) is 1.74. The van der Waals surface area contributed by atoms with Crippen LogP contribution in [0.1, 0.15) is 60.3 Å². The maximum atomic E-state index is 12.5. The van der Waals surface area contributed by atoms with Crippen LogP contribution in [0.15, 0.2) is 6.07 Å². The van der Waals surface area contributed by atoms with Crippen LogP contribution < -0.4 is 5.32 Å². The molecule has 1 aromatic rings. The smallest absolute Gasteiger partial charge is 0.235 e. The second kappa shape index (κ2) is 8.13. The van der Waals surface area contributed by atoms with Crippen molar-refractivity contribution < 1.29 is 18.0 Å². The summed E-state index contributed by atoms with van der Waals surface area (Å²) in [5.74, 6) is -1.14. The summed E-state index contributed by atoms with van der Waals surface area (Å²) >= 11 is 0. The quantitative estimate of drug-likeness (QED) is 0.752. The summed E-state index contributed by atoms with van der Waals surface area (Å²) in [6.45, 7) is 12.7. The van der Waals surface area contributed by atoms with Crippen LogP contribution in [-0.4, -0.2) is 31.9 Å². The largest absolute Gasteiger partial charge is 0.353 e. The highest BCUT2D eigenvalue weighted by molar-refractivity contribution is 7.91. The number of carbonyl (C=O) groups is 2. The lowest BCUT2D eigenvalue weighted by atomic mass is 9.92. The molecule has 5 nitrogen and oxygen atoms in total. The van der Waals surface area contributed by atoms with Gasteiger partial charge in [0.2, 0.25) is 5.91 Å². The molecule has 0 aliphatic carbocycles. The number of nitrogens with one attached hydrogen (secondary N) is 1. The number of hydrogen-bond acceptors (Lipinski definition) is 4. The van der Waals surface area contributed by atoms with Gasteiger partial charge >= 0.3 is 0 Å². The van der Waals surface area contributed by atoms with Crippen LogP contribution in [0.2, 0.25) is 0 Å². The molecule has 25 heavy (non-hydrogen) atoms. The van der Waals surface area contributed by atoms with Crippen molar-refractivity contribution in [2.45, 2.75) is 60.3 Å². The molecule has 0 saturated carbocycles. The first-order valence-electron chi connectivity index (χ1n) is 8.46. The molecule has 1 rings (SSSR count). The first-order valence-corrected chi connectivity index (χ1v) is 10.3. The molecule has 140 valence electrons. The fourth-order valence-electron chi connectivity index (χ4n) is 2.92. The van der Waals surface area contributed by atoms with Gasteiger partial charge in [0.1, 0.15) is 5.75 Å². The van der Waals surface area contributed by atoms with E-state index in [9.17, 15) is 18.0 Å². The van der Waals surface area contributed by atoms with E-state index in [0.29, 0.717) is 16.7 Å². The zero-order valence-electron chi connectivity index (χ0n) is 16.2. The lowest BCUT2D eigenvalue weighted by molar-refractivity contribution is -0.119. The van der Waals surface area contributed by atoms with Crippen molar-refractivity contribution in [1.29, 1.82) is 0 Å². The molecule has 1 unspecified atom stereocenters. The first-order chi connectivity index (χ1) is 11.4. The van der Waals surface area contributed by atoms with E-state index in [1.807, 2.05) is 40.7 Å². The van der Waals surface area contributed by atoms with Crippen molar-refractivity contribution in [2.24, 2.45) is 5.92 Å². The lowest BCUT2D eigenvalue weighted by Gasteiger charge is -2.18. The third-order valence-electron chi connectivity index (χ3n) is 4.59. The van der Waals surface area contributed by atoms with Crippen LogP contribution in [0.4, 0.5) is 0 Å². The molecule has 0 heterocycles. The molecular formula is C19H29NO4S. The van der Waals surface area contributed by atoms with E-state index in [1.165, 1.54) is 6.92 Å². The Morgan fingerprint density at radius 2 is 1.64 bits per heavy atom. The predicted octanol–water partition coefficient (Wildman–Crippen LogP) is 2.89. The van der Waals surface area contributed by atoms with E-state index in [0.717, 1.165) is 11.1 Å². The van der Waals surface area contributed by atoms with Crippen molar-refractivity contribution in [3.8, 4) is 0 Å². The Morgan fingerprint density at radius 1 is 1.08 bits per heavy atom. The maximum Gasteiger partial charge on any atom is 0.235 e. The fraction of sp³-hybridized carbons (Fsp3) is 0.579. The minimum atomic E-state index is -3.63. The number of benzene rings is 1. The third kappa shape index (κ3) is 5.66. The molecule has 6 heteroatoms. The van der Waals surface area contributed by atoms with Gasteiger partial charge in [0.25, 0.3) is 0 Å². The Kier molecular flexibility index (Phi) is 6.94. The van der Waals surface area contributed by atoms with Crippen molar-refractivity contribution in [2.75, 3.05) is 5.75 Å². The van der Waals surface area contributed by atoms with E-state index in [4.69, 9.17) is 0 Å². The average Bonchev–Trinajstić information content (AvgIpc) is 2.41. The fourth-order valence-corrected chi connectivity index (χ4v) is 4.39. The summed E-state index contributed by atoms with van der Waals surface area (Å²) in [4.78, 5) is 23.9. The normalized spacial score (nSPS) is 13.0. The SMILES string of the molecule is CC(=O)c1c(C)cc(C)c(CS(=O)(=O)CC(=O)NC(C)C(C)C)c1C. The zero-order valence-corrected chi connectivity index (χ0v) is 17.0. The Balaban J connectivity index is 3.07. The van der Waals surface area contributed by atoms with E-state index < -0.39 is 21.5 Å². The standard InChI is InChI=1S/C19H29NO4S/c1-11(2)15(6)20-18(22)10-25(23,24)9-17-12(3)8-13(4)19(14(17)5)16(7)21/h8,11,15H,9-10H2,1-7H3,(H,20,22). The molecule has 0 fully saturated rings. The molecule has 1 amide bonds. The Hall–Kier alpha value is -1.69. The molecule has 1 aromatic carbocycles.